The molecule has 19 heavy (non-hydrogen) atoms. The Morgan fingerprint density at radius 3 is 2.58 bits per heavy atom. The molecule has 0 fully saturated rings. The van der Waals surface area contributed by atoms with Crippen LogP contribution in [0.25, 0.3) is 0 Å². The van der Waals surface area contributed by atoms with Crippen molar-refractivity contribution in [3.63, 3.8) is 0 Å². The second-order valence-corrected chi connectivity index (χ2v) is 5.35. The fourth-order valence-corrected chi connectivity index (χ4v) is 2.80. The second-order valence-electron chi connectivity index (χ2n) is 4.37. The second kappa shape index (κ2) is 6.50. The van der Waals surface area contributed by atoms with E-state index in [9.17, 15) is 4.79 Å². The Labute approximate surface area is 117 Å². The van der Waals surface area contributed by atoms with Gasteiger partial charge in [0.25, 0.3) is 0 Å². The van der Waals surface area contributed by atoms with Gasteiger partial charge in [0.15, 0.2) is 0 Å². The van der Waals surface area contributed by atoms with Crippen LogP contribution in [0.2, 0.25) is 0 Å². The molecular weight excluding hydrogens is 256 g/mol. The molecule has 0 spiro atoms. The lowest BCUT2D eigenvalue weighted by Crippen LogP contribution is -2.36. The zero-order valence-corrected chi connectivity index (χ0v) is 11.7. The molecule has 2 atom stereocenters. The number of carbonyl (C=O) groups is 1. The monoisotopic (exact) mass is 274 g/mol. The average molecular weight is 274 g/mol. The van der Waals surface area contributed by atoms with Crippen LogP contribution in [-0.2, 0) is 4.79 Å². The van der Waals surface area contributed by atoms with Crippen LogP contribution in [0.3, 0.4) is 0 Å². The molecule has 0 bridgehead atoms. The summed E-state index contributed by atoms with van der Waals surface area (Å²) in [6.07, 6.45) is 0.855. The summed E-state index contributed by atoms with van der Waals surface area (Å²) in [4.78, 5) is 13.3. The van der Waals surface area contributed by atoms with E-state index in [1.807, 2.05) is 47.8 Å². The van der Waals surface area contributed by atoms with Gasteiger partial charge < -0.3 is 11.1 Å². The van der Waals surface area contributed by atoms with Gasteiger partial charge in [-0.2, -0.15) is 0 Å². The number of hydrogen-bond donors (Lipinski definition) is 2. The molecule has 0 aliphatic heterocycles. The predicted molar refractivity (Wildman–Crippen MR) is 78.9 cm³/mol. The van der Waals surface area contributed by atoms with Crippen molar-refractivity contribution < 1.29 is 4.79 Å². The van der Waals surface area contributed by atoms with Crippen LogP contribution in [-0.4, -0.2) is 5.91 Å². The molecule has 4 heteroatoms. The van der Waals surface area contributed by atoms with Crippen molar-refractivity contribution in [1.82, 2.24) is 5.32 Å². The Bertz CT molecular complexity index is 510. The lowest BCUT2D eigenvalue weighted by atomic mass is 10.1. The maximum atomic E-state index is 12.2. The van der Waals surface area contributed by atoms with Gasteiger partial charge in [-0.25, -0.2) is 0 Å². The number of amides is 1. The standard InChI is InChI=1S/C15H18N2OS/c1-2-12(13-9-6-10-19-13)17-15(18)14(16)11-7-4-3-5-8-11/h3-10,12,14H,2,16H2,1H3,(H,17,18)/t12?,14-/m0/s1. The molecule has 3 N–H and O–H groups in total. The highest BCUT2D eigenvalue weighted by Gasteiger charge is 2.19. The zero-order valence-electron chi connectivity index (χ0n) is 10.9. The fraction of sp³-hybridized carbons (Fsp3) is 0.267. The molecule has 0 aliphatic carbocycles. The summed E-state index contributed by atoms with van der Waals surface area (Å²) >= 11 is 1.65. The van der Waals surface area contributed by atoms with Gasteiger partial charge in [-0.3, -0.25) is 4.79 Å². The smallest absolute Gasteiger partial charge is 0.242 e. The first-order chi connectivity index (χ1) is 9.22. The molecule has 1 unspecified atom stereocenters. The van der Waals surface area contributed by atoms with E-state index in [-0.39, 0.29) is 11.9 Å². The van der Waals surface area contributed by atoms with E-state index >= 15 is 0 Å². The van der Waals surface area contributed by atoms with Gasteiger partial charge in [0.1, 0.15) is 6.04 Å². The topological polar surface area (TPSA) is 55.1 Å². The number of rotatable bonds is 5. The lowest BCUT2D eigenvalue weighted by Gasteiger charge is -2.19. The van der Waals surface area contributed by atoms with E-state index < -0.39 is 6.04 Å². The molecule has 1 aromatic carbocycles. The van der Waals surface area contributed by atoms with Gasteiger partial charge >= 0.3 is 0 Å². The number of thiophene rings is 1. The summed E-state index contributed by atoms with van der Waals surface area (Å²) in [7, 11) is 0. The largest absolute Gasteiger partial charge is 0.347 e. The van der Waals surface area contributed by atoms with Gasteiger partial charge in [0, 0.05) is 4.88 Å². The molecule has 1 heterocycles. The van der Waals surface area contributed by atoms with Crippen molar-refractivity contribution in [2.24, 2.45) is 5.73 Å². The van der Waals surface area contributed by atoms with Crippen molar-refractivity contribution in [3.05, 3.63) is 58.3 Å². The third-order valence-corrected chi connectivity index (χ3v) is 4.04. The van der Waals surface area contributed by atoms with Crippen molar-refractivity contribution in [1.29, 1.82) is 0 Å². The fourth-order valence-electron chi connectivity index (χ4n) is 1.94. The highest BCUT2D eigenvalue weighted by molar-refractivity contribution is 7.10. The third kappa shape index (κ3) is 3.43. The van der Waals surface area contributed by atoms with E-state index in [4.69, 9.17) is 5.73 Å². The summed E-state index contributed by atoms with van der Waals surface area (Å²) in [5.74, 6) is -0.133. The molecule has 2 aromatic rings. The van der Waals surface area contributed by atoms with Crippen LogP contribution < -0.4 is 11.1 Å². The first-order valence-electron chi connectivity index (χ1n) is 6.36. The van der Waals surface area contributed by atoms with Gasteiger partial charge in [0.05, 0.1) is 6.04 Å². The predicted octanol–water partition coefficient (Wildman–Crippen LogP) is 3.02. The molecule has 0 aliphatic rings. The molecule has 0 radical (unpaired) electrons. The molecule has 1 amide bonds. The number of nitrogens with two attached hydrogens (primary N) is 1. The Morgan fingerprint density at radius 1 is 1.26 bits per heavy atom. The van der Waals surface area contributed by atoms with Crippen LogP contribution in [0.15, 0.2) is 47.8 Å². The Kier molecular flexibility index (Phi) is 4.71. The molecule has 0 saturated carbocycles. The summed E-state index contributed by atoms with van der Waals surface area (Å²) in [6, 6.07) is 12.9. The summed E-state index contributed by atoms with van der Waals surface area (Å²) < 4.78 is 0. The van der Waals surface area contributed by atoms with Crippen LogP contribution in [0.5, 0.6) is 0 Å². The van der Waals surface area contributed by atoms with Crippen LogP contribution in [0.4, 0.5) is 0 Å². The lowest BCUT2D eigenvalue weighted by molar-refractivity contribution is -0.123. The van der Waals surface area contributed by atoms with Gasteiger partial charge in [-0.1, -0.05) is 43.3 Å². The number of nitrogens with one attached hydrogen (secondary N) is 1. The molecule has 100 valence electrons. The van der Waals surface area contributed by atoms with E-state index in [1.54, 1.807) is 11.3 Å². The molecule has 3 nitrogen and oxygen atoms in total. The minimum Gasteiger partial charge on any atom is -0.347 e. The van der Waals surface area contributed by atoms with Crippen LogP contribution in [0, 0.1) is 0 Å². The van der Waals surface area contributed by atoms with E-state index in [0.29, 0.717) is 0 Å². The summed E-state index contributed by atoms with van der Waals surface area (Å²) in [5.41, 5.74) is 6.82. The molecule has 0 saturated heterocycles. The number of carbonyl (C=O) groups excluding carboxylic acids is 1. The van der Waals surface area contributed by atoms with Crippen molar-refractivity contribution >= 4 is 17.2 Å². The molecule has 2 rings (SSSR count). The quantitative estimate of drug-likeness (QED) is 0.880. The Balaban J connectivity index is 2.04. The maximum absolute atomic E-state index is 12.2. The Hall–Kier alpha value is -1.65. The zero-order chi connectivity index (χ0) is 13.7. The first-order valence-corrected chi connectivity index (χ1v) is 7.24. The van der Waals surface area contributed by atoms with Crippen molar-refractivity contribution in [2.45, 2.75) is 25.4 Å². The van der Waals surface area contributed by atoms with E-state index in [0.717, 1.165) is 16.9 Å². The first kappa shape index (κ1) is 13.8. The minimum absolute atomic E-state index is 0.0438. The van der Waals surface area contributed by atoms with Gasteiger partial charge in [0.2, 0.25) is 5.91 Å². The highest BCUT2D eigenvalue weighted by Crippen LogP contribution is 2.22. The molecular formula is C15H18N2OS. The molecule has 1 aromatic heterocycles. The van der Waals surface area contributed by atoms with Gasteiger partial charge in [-0.05, 0) is 23.4 Å². The van der Waals surface area contributed by atoms with E-state index in [1.165, 1.54) is 0 Å². The van der Waals surface area contributed by atoms with Gasteiger partial charge in [-0.15, -0.1) is 11.3 Å². The average Bonchev–Trinajstić information content (AvgIpc) is 2.98. The maximum Gasteiger partial charge on any atom is 0.242 e. The van der Waals surface area contributed by atoms with Crippen molar-refractivity contribution in [3.8, 4) is 0 Å². The number of hydrogen-bond acceptors (Lipinski definition) is 3. The van der Waals surface area contributed by atoms with Crippen LogP contribution in [0.1, 0.15) is 35.9 Å². The van der Waals surface area contributed by atoms with Crippen molar-refractivity contribution in [2.75, 3.05) is 0 Å². The summed E-state index contributed by atoms with van der Waals surface area (Å²) in [5, 5.41) is 5.03. The minimum atomic E-state index is -0.616. The highest BCUT2D eigenvalue weighted by atomic mass is 32.1. The van der Waals surface area contributed by atoms with Crippen LogP contribution >= 0.6 is 11.3 Å². The number of benzene rings is 1. The third-order valence-electron chi connectivity index (χ3n) is 3.05. The Morgan fingerprint density at radius 2 is 2.00 bits per heavy atom. The summed E-state index contributed by atoms with van der Waals surface area (Å²) in [6.45, 7) is 2.05. The SMILES string of the molecule is CCC(NC(=O)[C@@H](N)c1ccccc1)c1cccs1. The normalized spacial score (nSPS) is 13.8. The van der Waals surface area contributed by atoms with E-state index in [2.05, 4.69) is 12.2 Å².